The molecule has 2 aromatic carbocycles. The first-order chi connectivity index (χ1) is 16.1. The Morgan fingerprint density at radius 1 is 1.03 bits per heavy atom. The minimum atomic E-state index is -0.686. The highest BCUT2D eigenvalue weighted by atomic mass is 16.7. The molecule has 0 saturated carbocycles. The molecule has 33 heavy (non-hydrogen) atoms. The summed E-state index contributed by atoms with van der Waals surface area (Å²) in [6.07, 6.45) is 11.2. The lowest BCUT2D eigenvalue weighted by Crippen LogP contribution is -2.33. The first-order valence-electron chi connectivity index (χ1n) is 11.5. The lowest BCUT2D eigenvalue weighted by atomic mass is 9.90. The number of benzene rings is 2. The van der Waals surface area contributed by atoms with E-state index in [1.165, 1.54) is 33.5 Å². The molecule has 1 heterocycles. The van der Waals surface area contributed by atoms with Crippen molar-refractivity contribution in [3.8, 4) is 17.0 Å². The van der Waals surface area contributed by atoms with Crippen molar-refractivity contribution >= 4 is 5.57 Å². The molecule has 0 bridgehead atoms. The maximum Gasteiger partial charge on any atom is 0.191 e. The average molecular weight is 444 g/mol. The van der Waals surface area contributed by atoms with E-state index in [2.05, 4.69) is 85.4 Å². The van der Waals surface area contributed by atoms with Gasteiger partial charge in [0.15, 0.2) is 5.79 Å². The Balaban J connectivity index is 1.77. The van der Waals surface area contributed by atoms with Gasteiger partial charge in [0.2, 0.25) is 0 Å². The van der Waals surface area contributed by atoms with Crippen molar-refractivity contribution in [3.63, 3.8) is 0 Å². The number of nitrogens with zero attached hydrogens (tertiary/aromatic N) is 1. The van der Waals surface area contributed by atoms with Gasteiger partial charge in [-0.2, -0.15) is 0 Å². The van der Waals surface area contributed by atoms with Crippen molar-refractivity contribution in [1.82, 2.24) is 4.57 Å². The molecule has 0 amide bonds. The third-order valence-corrected chi connectivity index (χ3v) is 6.14. The standard InChI is InChI=1S/C29H33NO3/c1-5-18-33-29(32-4)16-14-23(15-17-29)27-25(19-22-10-9-13-26(20-22)31-3)21-30(2)28(27)24-11-7-6-8-12-24/h6-16,20-21H,5,17-19H2,1-4H3. The largest absolute Gasteiger partial charge is 0.497 e. The van der Waals surface area contributed by atoms with Crippen molar-refractivity contribution < 1.29 is 14.2 Å². The molecule has 4 nitrogen and oxygen atoms in total. The summed E-state index contributed by atoms with van der Waals surface area (Å²) in [5.41, 5.74) is 7.36. The van der Waals surface area contributed by atoms with Crippen LogP contribution in [0.25, 0.3) is 16.8 Å². The van der Waals surface area contributed by atoms with Crippen LogP contribution >= 0.6 is 0 Å². The zero-order valence-electron chi connectivity index (χ0n) is 20.0. The maximum atomic E-state index is 6.05. The van der Waals surface area contributed by atoms with Crippen LogP contribution in [-0.4, -0.2) is 31.2 Å². The zero-order valence-corrected chi connectivity index (χ0v) is 20.0. The maximum absolute atomic E-state index is 6.05. The van der Waals surface area contributed by atoms with Gasteiger partial charge in [-0.3, -0.25) is 0 Å². The summed E-state index contributed by atoms with van der Waals surface area (Å²) in [6, 6.07) is 18.9. The fraction of sp³-hybridized carbons (Fsp3) is 0.310. The van der Waals surface area contributed by atoms with Crippen LogP contribution in [0.5, 0.6) is 5.75 Å². The smallest absolute Gasteiger partial charge is 0.191 e. The van der Waals surface area contributed by atoms with Gasteiger partial charge in [0, 0.05) is 32.3 Å². The highest BCUT2D eigenvalue weighted by Gasteiger charge is 2.30. The molecule has 0 radical (unpaired) electrons. The molecule has 0 spiro atoms. The van der Waals surface area contributed by atoms with Crippen LogP contribution in [0.1, 0.15) is 36.5 Å². The molecule has 4 rings (SSSR count). The van der Waals surface area contributed by atoms with E-state index in [4.69, 9.17) is 14.2 Å². The van der Waals surface area contributed by atoms with Gasteiger partial charge >= 0.3 is 0 Å². The van der Waals surface area contributed by atoms with Gasteiger partial charge in [-0.25, -0.2) is 0 Å². The summed E-state index contributed by atoms with van der Waals surface area (Å²) in [4.78, 5) is 0. The SMILES string of the molecule is CCCOC1(OC)C=CC(c2c(Cc3cccc(OC)c3)cn(C)c2-c2ccccc2)=CC1. The molecule has 1 aromatic heterocycles. The topological polar surface area (TPSA) is 32.6 Å². The molecule has 1 aliphatic carbocycles. The van der Waals surface area contributed by atoms with E-state index >= 15 is 0 Å². The number of hydrogen-bond donors (Lipinski definition) is 0. The lowest BCUT2D eigenvalue weighted by molar-refractivity contribution is -0.185. The molecule has 1 unspecified atom stereocenters. The van der Waals surface area contributed by atoms with Gasteiger partial charge in [0.05, 0.1) is 19.4 Å². The number of methoxy groups -OCH3 is 2. The first kappa shape index (κ1) is 23.1. The predicted octanol–water partition coefficient (Wildman–Crippen LogP) is 6.40. The molecule has 1 aliphatic rings. The number of allylic oxidation sites excluding steroid dienone is 2. The molecule has 0 N–H and O–H groups in total. The van der Waals surface area contributed by atoms with Crippen LogP contribution in [0.3, 0.4) is 0 Å². The fourth-order valence-electron chi connectivity index (χ4n) is 4.48. The van der Waals surface area contributed by atoms with Crippen molar-refractivity contribution in [1.29, 1.82) is 0 Å². The second kappa shape index (κ2) is 10.2. The Hall–Kier alpha value is -3.08. The van der Waals surface area contributed by atoms with Gasteiger partial charge in [-0.05, 0) is 53.3 Å². The van der Waals surface area contributed by atoms with Crippen LogP contribution in [-0.2, 0) is 22.9 Å². The first-order valence-corrected chi connectivity index (χ1v) is 11.5. The Morgan fingerprint density at radius 2 is 1.85 bits per heavy atom. The second-order valence-electron chi connectivity index (χ2n) is 8.44. The fourth-order valence-corrected chi connectivity index (χ4v) is 4.48. The van der Waals surface area contributed by atoms with Crippen LogP contribution in [0.15, 0.2) is 79.0 Å². The molecular formula is C29H33NO3. The average Bonchev–Trinajstić information content (AvgIpc) is 3.19. The minimum Gasteiger partial charge on any atom is -0.497 e. The Labute approximate surface area is 197 Å². The summed E-state index contributed by atoms with van der Waals surface area (Å²) in [7, 11) is 5.55. The van der Waals surface area contributed by atoms with E-state index in [1.54, 1.807) is 14.2 Å². The van der Waals surface area contributed by atoms with E-state index in [9.17, 15) is 0 Å². The van der Waals surface area contributed by atoms with E-state index in [0.29, 0.717) is 13.0 Å². The number of ether oxygens (including phenoxy) is 3. The number of aryl methyl sites for hydroxylation is 1. The third-order valence-electron chi connectivity index (χ3n) is 6.14. The van der Waals surface area contributed by atoms with Crippen molar-refractivity contribution in [3.05, 3.63) is 95.7 Å². The van der Waals surface area contributed by atoms with Gasteiger partial charge in [-0.1, -0.05) is 61.5 Å². The molecule has 0 aliphatic heterocycles. The number of hydrogen-bond acceptors (Lipinski definition) is 3. The number of rotatable bonds is 9. The van der Waals surface area contributed by atoms with E-state index in [0.717, 1.165) is 18.6 Å². The molecule has 1 atom stereocenters. The zero-order chi connectivity index (χ0) is 23.3. The van der Waals surface area contributed by atoms with E-state index in [1.807, 2.05) is 12.1 Å². The molecule has 0 fully saturated rings. The highest BCUT2D eigenvalue weighted by molar-refractivity contribution is 5.87. The van der Waals surface area contributed by atoms with Gasteiger partial charge in [0.1, 0.15) is 5.75 Å². The van der Waals surface area contributed by atoms with E-state index < -0.39 is 5.79 Å². The second-order valence-corrected chi connectivity index (χ2v) is 8.44. The van der Waals surface area contributed by atoms with Crippen LogP contribution in [0.4, 0.5) is 0 Å². The normalized spacial score (nSPS) is 17.8. The molecule has 0 saturated heterocycles. The summed E-state index contributed by atoms with van der Waals surface area (Å²) < 4.78 is 19.5. The monoisotopic (exact) mass is 443 g/mol. The van der Waals surface area contributed by atoms with Gasteiger partial charge < -0.3 is 18.8 Å². The quantitative estimate of drug-likeness (QED) is 0.359. The Bertz CT molecular complexity index is 1140. The minimum absolute atomic E-state index is 0.670. The molecule has 172 valence electrons. The number of aromatic nitrogens is 1. The lowest BCUT2D eigenvalue weighted by Gasteiger charge is -2.31. The van der Waals surface area contributed by atoms with Crippen LogP contribution < -0.4 is 4.74 Å². The summed E-state index contributed by atoms with van der Waals surface area (Å²) >= 11 is 0. The van der Waals surface area contributed by atoms with Crippen LogP contribution in [0.2, 0.25) is 0 Å². The van der Waals surface area contributed by atoms with Crippen molar-refractivity contribution in [2.24, 2.45) is 7.05 Å². The molecule has 3 aromatic rings. The van der Waals surface area contributed by atoms with Crippen molar-refractivity contribution in [2.45, 2.75) is 32.0 Å². The van der Waals surface area contributed by atoms with Gasteiger partial charge in [0.25, 0.3) is 0 Å². The third kappa shape index (κ3) is 4.97. The summed E-state index contributed by atoms with van der Waals surface area (Å²) in [5, 5.41) is 0. The summed E-state index contributed by atoms with van der Waals surface area (Å²) in [6.45, 7) is 2.78. The van der Waals surface area contributed by atoms with Crippen LogP contribution in [0, 0.1) is 0 Å². The van der Waals surface area contributed by atoms with Crippen molar-refractivity contribution in [2.75, 3.05) is 20.8 Å². The van der Waals surface area contributed by atoms with E-state index in [-0.39, 0.29) is 0 Å². The molecular weight excluding hydrogens is 410 g/mol. The summed E-state index contributed by atoms with van der Waals surface area (Å²) in [5.74, 6) is 0.191. The highest BCUT2D eigenvalue weighted by Crippen LogP contribution is 2.38. The Morgan fingerprint density at radius 3 is 2.52 bits per heavy atom. The molecule has 4 heteroatoms. The van der Waals surface area contributed by atoms with Gasteiger partial charge in [-0.15, -0.1) is 0 Å². The predicted molar refractivity (Wildman–Crippen MR) is 134 cm³/mol. The Kier molecular flexibility index (Phi) is 7.17.